The van der Waals surface area contributed by atoms with Gasteiger partial charge in [-0.1, -0.05) is 12.1 Å². The normalized spacial score (nSPS) is 11.1. The van der Waals surface area contributed by atoms with Crippen molar-refractivity contribution in [3.05, 3.63) is 77.9 Å². The number of hydrogen-bond acceptors (Lipinski definition) is 6. The second-order valence-electron chi connectivity index (χ2n) is 6.32. The highest BCUT2D eigenvalue weighted by molar-refractivity contribution is 7.99. The highest BCUT2D eigenvalue weighted by Crippen LogP contribution is 2.18. The average Bonchev–Trinajstić information content (AvgIpc) is 2.69. The summed E-state index contributed by atoms with van der Waals surface area (Å²) in [5.74, 6) is 0.268. The number of thioether (sulfide) groups is 1. The Hall–Kier alpha value is -2.98. The minimum atomic E-state index is -3.84. The Labute approximate surface area is 178 Å². The number of benzene rings is 2. The first-order valence-electron chi connectivity index (χ1n) is 8.86. The Bertz CT molecular complexity index is 1120. The van der Waals surface area contributed by atoms with Gasteiger partial charge < -0.3 is 5.32 Å². The van der Waals surface area contributed by atoms with Crippen molar-refractivity contribution in [3.8, 4) is 0 Å². The van der Waals surface area contributed by atoms with Crippen LogP contribution in [-0.4, -0.2) is 30.0 Å². The zero-order valence-corrected chi connectivity index (χ0v) is 17.6. The summed E-state index contributed by atoms with van der Waals surface area (Å²) in [5, 5.41) is 2.71. The number of carbonyl (C=O) groups excluding carboxylic acids is 1. The summed E-state index contributed by atoms with van der Waals surface area (Å²) in [6.45, 7) is 1.73. The van der Waals surface area contributed by atoms with Gasteiger partial charge >= 0.3 is 0 Å². The Morgan fingerprint density at radius 3 is 2.43 bits per heavy atom. The molecule has 0 fully saturated rings. The molecule has 0 unspecified atom stereocenters. The van der Waals surface area contributed by atoms with Crippen LogP contribution in [0.4, 0.5) is 16.0 Å². The van der Waals surface area contributed by atoms with E-state index in [4.69, 9.17) is 0 Å². The lowest BCUT2D eigenvalue weighted by molar-refractivity contribution is -0.113. The fourth-order valence-corrected chi connectivity index (χ4v) is 4.17. The number of aryl methyl sites for hydroxylation is 1. The second kappa shape index (κ2) is 9.68. The molecule has 3 aromatic rings. The standard InChI is InChI=1S/C20H19FN4O3S2/c1-14-10-11-22-20(23-14)25-30(27,28)18-8-6-17(7-9-18)24-19(26)13-29-12-15-2-4-16(21)5-3-15/h2-11H,12-13H2,1H3,(H,24,26)(H,22,23,25). The maximum absolute atomic E-state index is 12.9. The molecule has 0 saturated carbocycles. The Balaban J connectivity index is 1.53. The van der Waals surface area contributed by atoms with Gasteiger partial charge in [0.2, 0.25) is 11.9 Å². The molecule has 2 N–H and O–H groups in total. The van der Waals surface area contributed by atoms with Crippen molar-refractivity contribution >= 4 is 39.3 Å². The van der Waals surface area contributed by atoms with Gasteiger partial charge in [0.05, 0.1) is 10.6 Å². The molecule has 0 bridgehead atoms. The third-order valence-electron chi connectivity index (χ3n) is 3.88. The Morgan fingerprint density at radius 1 is 1.07 bits per heavy atom. The predicted molar refractivity (Wildman–Crippen MR) is 115 cm³/mol. The molecule has 1 heterocycles. The van der Waals surface area contributed by atoms with Gasteiger partial charge in [-0.3, -0.25) is 4.79 Å². The number of anilines is 2. The summed E-state index contributed by atoms with van der Waals surface area (Å²) in [6.07, 6.45) is 1.47. The van der Waals surface area contributed by atoms with E-state index in [1.807, 2.05) is 0 Å². The minimum Gasteiger partial charge on any atom is -0.325 e. The van der Waals surface area contributed by atoms with Gasteiger partial charge in [0.25, 0.3) is 10.0 Å². The monoisotopic (exact) mass is 446 g/mol. The maximum atomic E-state index is 12.9. The SMILES string of the molecule is Cc1ccnc(NS(=O)(=O)c2ccc(NC(=O)CSCc3ccc(F)cc3)cc2)n1. The number of hydrogen-bond donors (Lipinski definition) is 2. The molecule has 7 nitrogen and oxygen atoms in total. The lowest BCUT2D eigenvalue weighted by atomic mass is 10.2. The van der Waals surface area contributed by atoms with Gasteiger partial charge in [-0.25, -0.2) is 27.5 Å². The van der Waals surface area contributed by atoms with Crippen LogP contribution in [0.3, 0.4) is 0 Å². The number of sulfonamides is 1. The van der Waals surface area contributed by atoms with Crippen LogP contribution in [-0.2, 0) is 20.6 Å². The van der Waals surface area contributed by atoms with Gasteiger partial charge in [0, 0.05) is 23.3 Å². The summed E-state index contributed by atoms with van der Waals surface area (Å²) < 4.78 is 40.1. The van der Waals surface area contributed by atoms with E-state index in [9.17, 15) is 17.6 Å². The number of nitrogens with zero attached hydrogens (tertiary/aromatic N) is 2. The van der Waals surface area contributed by atoms with Gasteiger partial charge in [0.15, 0.2) is 0 Å². The van der Waals surface area contributed by atoms with Crippen molar-refractivity contribution in [2.75, 3.05) is 15.8 Å². The molecular formula is C20H19FN4O3S2. The molecule has 1 aromatic heterocycles. The van der Waals surface area contributed by atoms with E-state index in [1.54, 1.807) is 25.1 Å². The third-order valence-corrected chi connectivity index (χ3v) is 6.23. The van der Waals surface area contributed by atoms with E-state index in [1.165, 1.54) is 54.4 Å². The smallest absolute Gasteiger partial charge is 0.264 e. The summed E-state index contributed by atoms with van der Waals surface area (Å²) in [4.78, 5) is 20.0. The molecule has 156 valence electrons. The van der Waals surface area contributed by atoms with Gasteiger partial charge in [-0.15, -0.1) is 11.8 Å². The lowest BCUT2D eigenvalue weighted by Gasteiger charge is -2.09. The van der Waals surface area contributed by atoms with Crippen LogP contribution in [0.1, 0.15) is 11.3 Å². The summed E-state index contributed by atoms with van der Waals surface area (Å²) in [5.41, 5.74) is 2.04. The quantitative estimate of drug-likeness (QED) is 0.548. The molecule has 10 heteroatoms. The Kier molecular flexibility index (Phi) is 7.01. The number of aromatic nitrogens is 2. The van der Waals surface area contributed by atoms with Crippen molar-refractivity contribution in [1.82, 2.24) is 9.97 Å². The van der Waals surface area contributed by atoms with Crippen LogP contribution in [0.2, 0.25) is 0 Å². The number of carbonyl (C=O) groups is 1. The molecule has 0 atom stereocenters. The molecule has 0 radical (unpaired) electrons. The van der Waals surface area contributed by atoms with Crippen LogP contribution in [0, 0.1) is 12.7 Å². The Morgan fingerprint density at radius 2 is 1.77 bits per heavy atom. The highest BCUT2D eigenvalue weighted by Gasteiger charge is 2.16. The fraction of sp³-hybridized carbons (Fsp3) is 0.150. The van der Waals surface area contributed by atoms with Crippen molar-refractivity contribution in [2.24, 2.45) is 0 Å². The second-order valence-corrected chi connectivity index (χ2v) is 8.99. The first-order chi connectivity index (χ1) is 14.3. The summed E-state index contributed by atoms with van der Waals surface area (Å²) in [7, 11) is -3.84. The number of rotatable bonds is 8. The van der Waals surface area contributed by atoms with Crippen molar-refractivity contribution < 1.29 is 17.6 Å². The molecule has 0 spiro atoms. The molecule has 0 saturated heterocycles. The lowest BCUT2D eigenvalue weighted by Crippen LogP contribution is -2.16. The van der Waals surface area contributed by atoms with Crippen LogP contribution < -0.4 is 10.0 Å². The number of nitrogens with one attached hydrogen (secondary N) is 2. The van der Waals surface area contributed by atoms with E-state index in [0.717, 1.165) is 5.56 Å². The van der Waals surface area contributed by atoms with E-state index >= 15 is 0 Å². The average molecular weight is 447 g/mol. The van der Waals surface area contributed by atoms with Gasteiger partial charge in [-0.2, -0.15) is 0 Å². The van der Waals surface area contributed by atoms with E-state index in [2.05, 4.69) is 20.0 Å². The molecule has 3 rings (SSSR count). The topological polar surface area (TPSA) is 101 Å². The molecule has 0 aliphatic rings. The van der Waals surface area contributed by atoms with Crippen LogP contribution in [0.5, 0.6) is 0 Å². The maximum Gasteiger partial charge on any atom is 0.264 e. The third kappa shape index (κ3) is 6.26. The molecule has 2 aromatic carbocycles. The largest absolute Gasteiger partial charge is 0.325 e. The molecular weight excluding hydrogens is 427 g/mol. The number of amides is 1. The van der Waals surface area contributed by atoms with E-state index in [0.29, 0.717) is 17.1 Å². The molecule has 0 aliphatic heterocycles. The minimum absolute atomic E-state index is 0.00874. The van der Waals surface area contributed by atoms with E-state index < -0.39 is 10.0 Å². The van der Waals surface area contributed by atoms with Crippen LogP contribution in [0.15, 0.2) is 65.7 Å². The molecule has 30 heavy (non-hydrogen) atoms. The number of halogens is 1. The van der Waals surface area contributed by atoms with Crippen LogP contribution >= 0.6 is 11.8 Å². The zero-order chi connectivity index (χ0) is 21.6. The first-order valence-corrected chi connectivity index (χ1v) is 11.5. The fourth-order valence-electron chi connectivity index (χ4n) is 2.43. The van der Waals surface area contributed by atoms with Crippen LogP contribution in [0.25, 0.3) is 0 Å². The zero-order valence-electron chi connectivity index (χ0n) is 16.0. The predicted octanol–water partition coefficient (Wildman–Crippen LogP) is 3.60. The van der Waals surface area contributed by atoms with E-state index in [-0.39, 0.29) is 28.3 Å². The first kappa shape index (κ1) is 21.7. The molecule has 0 aliphatic carbocycles. The van der Waals surface area contributed by atoms with Gasteiger partial charge in [-0.05, 0) is 55.0 Å². The summed E-state index contributed by atoms with van der Waals surface area (Å²) in [6, 6.07) is 13.6. The van der Waals surface area contributed by atoms with Crippen molar-refractivity contribution in [3.63, 3.8) is 0 Å². The van der Waals surface area contributed by atoms with Crippen molar-refractivity contribution in [2.45, 2.75) is 17.6 Å². The molecule has 1 amide bonds. The summed E-state index contributed by atoms with van der Waals surface area (Å²) >= 11 is 1.40. The van der Waals surface area contributed by atoms with Crippen molar-refractivity contribution in [1.29, 1.82) is 0 Å². The highest BCUT2D eigenvalue weighted by atomic mass is 32.2. The van der Waals surface area contributed by atoms with Gasteiger partial charge in [0.1, 0.15) is 5.82 Å².